The topological polar surface area (TPSA) is 146 Å². The van der Waals surface area contributed by atoms with Crippen LogP contribution in [0.5, 0.6) is 0 Å². The first-order chi connectivity index (χ1) is 17.0. The Kier molecular flexibility index (Phi) is 29.3. The molecule has 0 aromatic carbocycles. The average Bonchev–Trinajstić information content (AvgIpc) is 2.69. The quantitative estimate of drug-likeness (QED) is 0.169. The first kappa shape index (κ1) is 49.1. The number of rotatable bonds is 9. The number of carboxylic acids is 2. The summed E-state index contributed by atoms with van der Waals surface area (Å²) >= 11 is 0. The fraction of sp³-hybridized carbons (Fsp3) is 0.840. The SMILES string of the molecule is CC(C)(C)OC(=O)CCN1CCN(CC(=O)[O-])CCN(CC(=O)[O-])CCN(CC(=O)OC(C)(C)C)CC1.[Br-].[Na+].[Na+].[Na+]. The number of ether oxygens (including phenoxy) is 2. The molecule has 41 heavy (non-hydrogen) atoms. The van der Waals surface area contributed by atoms with Crippen molar-refractivity contribution in [3.05, 3.63) is 0 Å². The number of esters is 2. The summed E-state index contributed by atoms with van der Waals surface area (Å²) in [5, 5.41) is 22.6. The van der Waals surface area contributed by atoms with Gasteiger partial charge in [-0.25, -0.2) is 0 Å². The smallest absolute Gasteiger partial charge is 1.00 e. The molecular weight excluding hydrogens is 633 g/mol. The third kappa shape index (κ3) is 27.3. The zero-order valence-corrected chi connectivity index (χ0v) is 34.2. The number of carboxylic acid groups (broad SMARTS) is 2. The zero-order valence-electron chi connectivity index (χ0n) is 26.6. The van der Waals surface area contributed by atoms with E-state index in [1.165, 1.54) is 0 Å². The van der Waals surface area contributed by atoms with Gasteiger partial charge in [-0.3, -0.25) is 24.3 Å². The Balaban J connectivity index is -0.00000171. The minimum Gasteiger partial charge on any atom is -1.00 e. The van der Waals surface area contributed by atoms with Crippen LogP contribution >= 0.6 is 0 Å². The minimum absolute atomic E-state index is 0. The molecule has 1 fully saturated rings. The van der Waals surface area contributed by atoms with Gasteiger partial charge >= 0.3 is 101 Å². The maximum Gasteiger partial charge on any atom is 1.00 e. The molecule has 0 radical (unpaired) electrons. The molecule has 1 heterocycles. The average molecular weight is 678 g/mol. The van der Waals surface area contributed by atoms with E-state index < -0.39 is 23.1 Å². The summed E-state index contributed by atoms with van der Waals surface area (Å²) in [6, 6.07) is 0. The van der Waals surface area contributed by atoms with Gasteiger partial charge in [0.05, 0.1) is 24.9 Å². The van der Waals surface area contributed by atoms with Gasteiger partial charge in [-0.1, -0.05) is 0 Å². The molecule has 0 aromatic heterocycles. The van der Waals surface area contributed by atoms with Crippen LogP contribution in [-0.4, -0.2) is 133 Å². The number of aliphatic carboxylic acids is 2. The molecule has 12 nitrogen and oxygen atoms in total. The summed E-state index contributed by atoms with van der Waals surface area (Å²) in [6.45, 7) is 13.8. The van der Waals surface area contributed by atoms with Crippen LogP contribution in [0.25, 0.3) is 0 Å². The molecule has 0 unspecified atom stereocenters. The van der Waals surface area contributed by atoms with Gasteiger partial charge in [0.2, 0.25) is 0 Å². The predicted octanol–water partition coefficient (Wildman–Crippen LogP) is -14.2. The normalized spacial score (nSPS) is 16.6. The van der Waals surface area contributed by atoms with E-state index in [9.17, 15) is 29.4 Å². The summed E-state index contributed by atoms with van der Waals surface area (Å²) in [7, 11) is 0. The molecule has 0 aromatic rings. The van der Waals surface area contributed by atoms with Crippen molar-refractivity contribution in [1.82, 2.24) is 19.6 Å². The summed E-state index contributed by atoms with van der Waals surface area (Å²) in [6.07, 6.45) is 0.170. The third-order valence-corrected chi connectivity index (χ3v) is 5.46. The number of carbonyl (C=O) groups is 4. The van der Waals surface area contributed by atoms with Crippen LogP contribution in [-0.2, 0) is 28.7 Å². The number of carbonyl (C=O) groups excluding carboxylic acids is 4. The Morgan fingerprint density at radius 3 is 1.17 bits per heavy atom. The van der Waals surface area contributed by atoms with Crippen molar-refractivity contribution in [2.45, 2.75) is 59.2 Å². The van der Waals surface area contributed by atoms with Gasteiger partial charge in [-0.05, 0) is 41.5 Å². The summed E-state index contributed by atoms with van der Waals surface area (Å²) in [4.78, 5) is 54.6. The van der Waals surface area contributed by atoms with Gasteiger partial charge in [0.15, 0.2) is 0 Å². The molecule has 1 aliphatic rings. The molecule has 16 heteroatoms. The van der Waals surface area contributed by atoms with Gasteiger partial charge in [-0.2, -0.15) is 0 Å². The largest absolute Gasteiger partial charge is 1.00 e. The van der Waals surface area contributed by atoms with E-state index in [-0.39, 0.29) is 144 Å². The van der Waals surface area contributed by atoms with Crippen molar-refractivity contribution >= 4 is 23.9 Å². The van der Waals surface area contributed by atoms with Crippen molar-refractivity contribution in [3.63, 3.8) is 0 Å². The molecule has 0 saturated carbocycles. The first-order valence-electron chi connectivity index (χ1n) is 12.8. The molecule has 0 N–H and O–H groups in total. The molecule has 0 atom stereocenters. The van der Waals surface area contributed by atoms with E-state index in [2.05, 4.69) is 0 Å². The maximum absolute atomic E-state index is 12.5. The van der Waals surface area contributed by atoms with Crippen LogP contribution < -0.4 is 116 Å². The van der Waals surface area contributed by atoms with Crippen LogP contribution in [0.2, 0.25) is 0 Å². The zero-order chi connectivity index (χ0) is 28.2. The van der Waals surface area contributed by atoms with Crippen molar-refractivity contribution < 1.29 is 145 Å². The Hall–Kier alpha value is 1.20. The Bertz CT molecular complexity index is 785. The molecular formula is C25H44BrN4Na3O8. The number of hydrogen-bond donors (Lipinski definition) is 0. The molecule has 0 spiro atoms. The number of nitrogens with zero attached hydrogens (tertiary/aromatic N) is 4. The van der Waals surface area contributed by atoms with E-state index in [0.717, 1.165) is 0 Å². The van der Waals surface area contributed by atoms with Gasteiger partial charge in [0.1, 0.15) is 11.2 Å². The third-order valence-electron chi connectivity index (χ3n) is 5.46. The van der Waals surface area contributed by atoms with Crippen molar-refractivity contribution in [2.75, 3.05) is 78.5 Å². The standard InChI is InChI=1S/C25H46N4O8.BrH.3Na/c1-24(2,3)36-22(34)7-8-26-9-11-27(17-20(30)31)13-14-28(18-21(32)33)15-16-29(12-10-26)19-23(35)37-25(4,5)6;;;;/h7-19H2,1-6H3,(H,30,31)(H,32,33);1H;;;/q;;3*+1/p-3. The van der Waals surface area contributed by atoms with E-state index >= 15 is 0 Å². The number of hydrogen-bond acceptors (Lipinski definition) is 12. The second-order valence-corrected chi connectivity index (χ2v) is 11.3. The van der Waals surface area contributed by atoms with Crippen molar-refractivity contribution in [1.29, 1.82) is 0 Å². The number of halogens is 1. The molecule has 1 saturated heterocycles. The first-order valence-corrected chi connectivity index (χ1v) is 12.8. The molecule has 1 rings (SSSR count). The van der Waals surface area contributed by atoms with E-state index in [1.54, 1.807) is 51.3 Å². The van der Waals surface area contributed by atoms with Crippen LogP contribution in [0, 0.1) is 0 Å². The van der Waals surface area contributed by atoms with Crippen LogP contribution in [0.1, 0.15) is 48.0 Å². The van der Waals surface area contributed by atoms with Gasteiger partial charge in [0, 0.05) is 72.0 Å². The maximum atomic E-state index is 12.5. The molecule has 0 bridgehead atoms. The monoisotopic (exact) mass is 676 g/mol. The van der Waals surface area contributed by atoms with E-state index in [1.807, 2.05) is 9.80 Å². The Morgan fingerprint density at radius 2 is 0.854 bits per heavy atom. The van der Waals surface area contributed by atoms with Gasteiger partial charge in [-0.15, -0.1) is 0 Å². The van der Waals surface area contributed by atoms with Crippen molar-refractivity contribution in [2.24, 2.45) is 0 Å². The van der Waals surface area contributed by atoms with Crippen LogP contribution in [0.15, 0.2) is 0 Å². The Labute approximate surface area is 322 Å². The minimum atomic E-state index is -1.23. The fourth-order valence-corrected chi connectivity index (χ4v) is 3.84. The summed E-state index contributed by atoms with van der Waals surface area (Å²) in [5.41, 5.74) is -1.22. The van der Waals surface area contributed by atoms with Gasteiger partial charge in [0.25, 0.3) is 0 Å². The van der Waals surface area contributed by atoms with Crippen molar-refractivity contribution in [3.8, 4) is 0 Å². The molecule has 0 amide bonds. The summed E-state index contributed by atoms with van der Waals surface area (Å²) in [5.74, 6) is -3.16. The summed E-state index contributed by atoms with van der Waals surface area (Å²) < 4.78 is 10.9. The molecule has 222 valence electrons. The molecule has 0 aliphatic carbocycles. The Morgan fingerprint density at radius 1 is 0.561 bits per heavy atom. The fourth-order valence-electron chi connectivity index (χ4n) is 3.84. The van der Waals surface area contributed by atoms with Crippen LogP contribution in [0.4, 0.5) is 0 Å². The second-order valence-electron chi connectivity index (χ2n) is 11.3. The van der Waals surface area contributed by atoms with Crippen LogP contribution in [0.3, 0.4) is 0 Å². The van der Waals surface area contributed by atoms with Gasteiger partial charge < -0.3 is 51.2 Å². The van der Waals surface area contributed by atoms with E-state index in [4.69, 9.17) is 9.47 Å². The second kappa shape index (κ2) is 24.4. The van der Waals surface area contributed by atoms with E-state index in [0.29, 0.717) is 58.9 Å². The predicted molar refractivity (Wildman–Crippen MR) is 132 cm³/mol. The molecule has 1 aliphatic heterocycles.